The molecule has 11 heavy (non-hydrogen) atoms. The third-order valence-electron chi connectivity index (χ3n) is 1.44. The standard InChI is InChI=1S/C8H5FN2/c9-8-6-3-1-2-4-7(6)10-5-11-8/h1-5H/i5D. The van der Waals surface area contributed by atoms with Gasteiger partial charge in [-0.2, -0.15) is 4.39 Å². The fraction of sp³-hybridized carbons (Fsp3) is 0. The summed E-state index contributed by atoms with van der Waals surface area (Å²) in [5, 5.41) is 0.355. The average molecular weight is 149 g/mol. The van der Waals surface area contributed by atoms with Crippen molar-refractivity contribution in [2.24, 2.45) is 0 Å². The van der Waals surface area contributed by atoms with Gasteiger partial charge in [0, 0.05) is 0 Å². The molecule has 0 saturated carbocycles. The van der Waals surface area contributed by atoms with Crippen molar-refractivity contribution in [1.29, 1.82) is 0 Å². The molecule has 0 N–H and O–H groups in total. The zero-order valence-electron chi connectivity index (χ0n) is 6.58. The summed E-state index contributed by atoms with van der Waals surface area (Å²) in [6, 6.07) is 6.69. The van der Waals surface area contributed by atoms with E-state index in [0.717, 1.165) is 0 Å². The molecule has 0 fully saturated rings. The second-order valence-corrected chi connectivity index (χ2v) is 2.13. The first-order valence-electron chi connectivity index (χ1n) is 3.66. The molecule has 0 aliphatic heterocycles. The molecule has 0 bridgehead atoms. The summed E-state index contributed by atoms with van der Waals surface area (Å²) in [5.74, 6) is -0.634. The Morgan fingerprint density at radius 2 is 2.09 bits per heavy atom. The Morgan fingerprint density at radius 3 is 3.00 bits per heavy atom. The van der Waals surface area contributed by atoms with Crippen LogP contribution < -0.4 is 0 Å². The van der Waals surface area contributed by atoms with Gasteiger partial charge in [-0.15, -0.1) is 0 Å². The van der Waals surface area contributed by atoms with E-state index >= 15 is 0 Å². The summed E-state index contributed by atoms with van der Waals surface area (Å²) in [5.41, 5.74) is 0.468. The maximum absolute atomic E-state index is 13.0. The fourth-order valence-corrected chi connectivity index (χ4v) is 0.929. The third kappa shape index (κ3) is 0.941. The van der Waals surface area contributed by atoms with Crippen molar-refractivity contribution in [3.8, 4) is 0 Å². The van der Waals surface area contributed by atoms with Gasteiger partial charge in [0.2, 0.25) is 5.95 Å². The number of hydrogen-bond donors (Lipinski definition) is 0. The van der Waals surface area contributed by atoms with Crippen molar-refractivity contribution >= 4 is 10.9 Å². The number of para-hydroxylation sites is 1. The Kier molecular flexibility index (Phi) is 1.07. The fourth-order valence-electron chi connectivity index (χ4n) is 0.929. The molecule has 1 aromatic carbocycles. The molecule has 3 heteroatoms. The van der Waals surface area contributed by atoms with Gasteiger partial charge in [0.05, 0.1) is 10.9 Å². The average Bonchev–Trinajstić information content (AvgIpc) is 2.04. The van der Waals surface area contributed by atoms with E-state index in [4.69, 9.17) is 1.37 Å². The van der Waals surface area contributed by atoms with Gasteiger partial charge in [-0.05, 0) is 12.1 Å². The first kappa shape index (κ1) is 5.18. The van der Waals surface area contributed by atoms with Crippen LogP contribution in [0.15, 0.2) is 30.6 Å². The number of nitrogens with zero attached hydrogens (tertiary/aromatic N) is 2. The lowest BCUT2D eigenvalue weighted by Crippen LogP contribution is -1.86. The van der Waals surface area contributed by atoms with Crippen LogP contribution in [0.5, 0.6) is 0 Å². The number of rotatable bonds is 0. The molecule has 0 unspecified atom stereocenters. The van der Waals surface area contributed by atoms with Crippen molar-refractivity contribution in [2.45, 2.75) is 0 Å². The molecule has 0 aliphatic carbocycles. The molecule has 2 rings (SSSR count). The first-order chi connectivity index (χ1) is 5.77. The number of fused-ring (bicyclic) bond motifs is 1. The monoisotopic (exact) mass is 149 g/mol. The SMILES string of the molecule is [2H]c1nc(F)c2ccccc2n1. The predicted octanol–water partition coefficient (Wildman–Crippen LogP) is 1.77. The lowest BCUT2D eigenvalue weighted by molar-refractivity contribution is 0.593. The van der Waals surface area contributed by atoms with E-state index in [9.17, 15) is 4.39 Å². The topological polar surface area (TPSA) is 25.8 Å². The van der Waals surface area contributed by atoms with E-state index in [-0.39, 0.29) is 6.30 Å². The lowest BCUT2D eigenvalue weighted by Gasteiger charge is -1.94. The maximum Gasteiger partial charge on any atom is 0.223 e. The van der Waals surface area contributed by atoms with Gasteiger partial charge >= 0.3 is 0 Å². The molecular formula is C8H5FN2. The summed E-state index contributed by atoms with van der Waals surface area (Å²) < 4.78 is 20.0. The molecule has 0 spiro atoms. The summed E-state index contributed by atoms with van der Waals surface area (Å²) in [4.78, 5) is 7.04. The van der Waals surface area contributed by atoms with Crippen molar-refractivity contribution in [3.63, 3.8) is 0 Å². The minimum absolute atomic E-state index is 0.286. The predicted molar refractivity (Wildman–Crippen MR) is 39.5 cm³/mol. The van der Waals surface area contributed by atoms with Gasteiger partial charge < -0.3 is 0 Å². The smallest absolute Gasteiger partial charge is 0.223 e. The van der Waals surface area contributed by atoms with E-state index in [2.05, 4.69) is 9.97 Å². The molecule has 2 aromatic rings. The minimum atomic E-state index is -0.634. The van der Waals surface area contributed by atoms with Crippen LogP contribution in [0.4, 0.5) is 4.39 Å². The summed E-state index contributed by atoms with van der Waals surface area (Å²) >= 11 is 0. The highest BCUT2D eigenvalue weighted by Crippen LogP contribution is 2.11. The number of halogens is 1. The molecular weight excluding hydrogens is 143 g/mol. The van der Waals surface area contributed by atoms with Crippen molar-refractivity contribution in [3.05, 3.63) is 36.5 Å². The Labute approximate surface area is 64.1 Å². The largest absolute Gasteiger partial charge is 0.236 e. The van der Waals surface area contributed by atoms with Gasteiger partial charge in [-0.3, -0.25) is 0 Å². The van der Waals surface area contributed by atoms with E-state index in [1.165, 1.54) is 0 Å². The first-order valence-corrected chi connectivity index (χ1v) is 3.16. The molecule has 0 amide bonds. The number of aromatic nitrogens is 2. The molecule has 54 valence electrons. The van der Waals surface area contributed by atoms with Crippen LogP contribution in [0.3, 0.4) is 0 Å². The van der Waals surface area contributed by atoms with Crippen molar-refractivity contribution < 1.29 is 5.76 Å². The molecule has 0 radical (unpaired) electrons. The second-order valence-electron chi connectivity index (χ2n) is 2.13. The van der Waals surface area contributed by atoms with Gasteiger partial charge in [0.25, 0.3) is 0 Å². The number of benzene rings is 1. The maximum atomic E-state index is 13.0. The highest BCUT2D eigenvalue weighted by Gasteiger charge is 1.98. The van der Waals surface area contributed by atoms with Crippen LogP contribution in [0.1, 0.15) is 1.37 Å². The summed E-state index contributed by atoms with van der Waals surface area (Å²) in [7, 11) is 0. The van der Waals surface area contributed by atoms with E-state index in [1.54, 1.807) is 24.3 Å². The Morgan fingerprint density at radius 1 is 1.27 bits per heavy atom. The van der Waals surface area contributed by atoms with Gasteiger partial charge in [-0.1, -0.05) is 12.1 Å². The van der Waals surface area contributed by atoms with Crippen LogP contribution in [-0.2, 0) is 0 Å². The highest BCUT2D eigenvalue weighted by molar-refractivity contribution is 5.77. The molecule has 1 aromatic heterocycles. The van der Waals surface area contributed by atoms with Crippen LogP contribution in [0.25, 0.3) is 10.9 Å². The normalized spacial score (nSPS) is 11.5. The minimum Gasteiger partial charge on any atom is -0.236 e. The van der Waals surface area contributed by atoms with Gasteiger partial charge in [0.1, 0.15) is 7.67 Å². The summed E-state index contributed by atoms with van der Waals surface area (Å²) in [6.45, 7) is 0. The van der Waals surface area contributed by atoms with Crippen LogP contribution in [0.2, 0.25) is 0 Å². The quantitative estimate of drug-likeness (QED) is 0.533. The number of hydrogen-bond acceptors (Lipinski definition) is 2. The second kappa shape index (κ2) is 2.27. The van der Waals surface area contributed by atoms with Gasteiger partial charge in [0.15, 0.2) is 0 Å². The Bertz CT molecular complexity index is 430. The van der Waals surface area contributed by atoms with Crippen LogP contribution in [-0.4, -0.2) is 9.97 Å². The molecule has 1 heterocycles. The van der Waals surface area contributed by atoms with Crippen LogP contribution >= 0.6 is 0 Å². The van der Waals surface area contributed by atoms with E-state index in [0.29, 0.717) is 10.9 Å². The highest BCUT2D eigenvalue weighted by atomic mass is 19.1. The zero-order chi connectivity index (χ0) is 8.55. The van der Waals surface area contributed by atoms with Crippen molar-refractivity contribution in [1.82, 2.24) is 9.97 Å². The molecule has 0 saturated heterocycles. The third-order valence-corrected chi connectivity index (χ3v) is 1.44. The van der Waals surface area contributed by atoms with E-state index < -0.39 is 5.95 Å². The van der Waals surface area contributed by atoms with Crippen LogP contribution in [0, 0.1) is 5.95 Å². The summed E-state index contributed by atoms with van der Waals surface area (Å²) in [6.07, 6.45) is -0.286. The molecule has 0 atom stereocenters. The zero-order valence-corrected chi connectivity index (χ0v) is 5.58. The lowest BCUT2D eigenvalue weighted by atomic mass is 10.2. The van der Waals surface area contributed by atoms with Crippen molar-refractivity contribution in [2.75, 3.05) is 0 Å². The molecule has 0 aliphatic rings. The van der Waals surface area contributed by atoms with Gasteiger partial charge in [-0.25, -0.2) is 9.97 Å². The van der Waals surface area contributed by atoms with E-state index in [1.807, 2.05) is 0 Å². The Hall–Kier alpha value is -1.51. The molecule has 2 nitrogen and oxygen atoms in total. The Balaban J connectivity index is 2.89.